The largest absolute Gasteiger partial charge is 0.492 e. The molecule has 2 heterocycles. The predicted molar refractivity (Wildman–Crippen MR) is 112 cm³/mol. The van der Waals surface area contributed by atoms with E-state index in [9.17, 15) is 9.59 Å². The Morgan fingerprint density at radius 3 is 3.11 bits per heavy atom. The van der Waals surface area contributed by atoms with Crippen LogP contribution in [0, 0.1) is 0 Å². The van der Waals surface area contributed by atoms with Crippen LogP contribution in [0.2, 0.25) is 0 Å². The lowest BCUT2D eigenvalue weighted by molar-refractivity contribution is -0.118. The van der Waals surface area contributed by atoms with Gasteiger partial charge in [0.25, 0.3) is 5.56 Å². The number of nitrogens with one attached hydrogen (secondary N) is 1. The van der Waals surface area contributed by atoms with E-state index in [4.69, 9.17) is 4.74 Å². The summed E-state index contributed by atoms with van der Waals surface area (Å²) in [6.45, 7) is 0.916. The number of benzene rings is 1. The first-order valence-corrected chi connectivity index (χ1v) is 11.3. The maximum Gasteiger partial charge on any atom is 0.258 e. The zero-order valence-electron chi connectivity index (χ0n) is 15.3. The Morgan fingerprint density at radius 1 is 1.29 bits per heavy atom. The van der Waals surface area contributed by atoms with Gasteiger partial charge in [-0.1, -0.05) is 6.07 Å². The molecular weight excluding hydrogens is 394 g/mol. The number of aromatic nitrogens is 2. The number of ether oxygens (including phenoxy) is 1. The normalized spacial score (nSPS) is 12.9. The van der Waals surface area contributed by atoms with Gasteiger partial charge in [-0.25, -0.2) is 4.98 Å². The summed E-state index contributed by atoms with van der Waals surface area (Å²) in [7, 11) is 0. The van der Waals surface area contributed by atoms with E-state index in [-0.39, 0.29) is 11.5 Å². The third-order valence-corrected chi connectivity index (χ3v) is 6.33. The van der Waals surface area contributed by atoms with Crippen LogP contribution in [-0.2, 0) is 23.4 Å². The van der Waals surface area contributed by atoms with Crippen LogP contribution in [0.15, 0.2) is 40.6 Å². The van der Waals surface area contributed by atoms with Crippen molar-refractivity contribution in [1.29, 1.82) is 0 Å². The average Bonchev–Trinajstić information content (AvgIpc) is 3.34. The number of carbonyl (C=O) groups excluding carboxylic acids is 1. The molecule has 28 heavy (non-hydrogen) atoms. The summed E-state index contributed by atoms with van der Waals surface area (Å²) < 4.78 is 7.25. The number of hydrogen-bond acceptors (Lipinski definition) is 6. The van der Waals surface area contributed by atoms with Gasteiger partial charge in [-0.05, 0) is 42.5 Å². The highest BCUT2D eigenvalue weighted by atomic mass is 32.2. The summed E-state index contributed by atoms with van der Waals surface area (Å²) >= 11 is 2.87. The number of thiazole rings is 1. The van der Waals surface area contributed by atoms with Gasteiger partial charge in [-0.3, -0.25) is 14.0 Å². The topological polar surface area (TPSA) is 72.7 Å². The summed E-state index contributed by atoms with van der Waals surface area (Å²) in [5.74, 6) is 1.68. The number of thioether (sulfide) groups is 1. The van der Waals surface area contributed by atoms with Crippen molar-refractivity contribution in [2.45, 2.75) is 25.0 Å². The van der Waals surface area contributed by atoms with Crippen molar-refractivity contribution in [3.63, 3.8) is 0 Å². The number of rotatable bonds is 8. The van der Waals surface area contributed by atoms with E-state index in [1.54, 1.807) is 6.20 Å². The van der Waals surface area contributed by atoms with Crippen molar-refractivity contribution in [3.05, 3.63) is 63.0 Å². The molecule has 0 saturated heterocycles. The number of hydrogen-bond donors (Lipinski definition) is 1. The molecule has 8 heteroatoms. The highest BCUT2D eigenvalue weighted by Crippen LogP contribution is 2.25. The molecule has 0 unspecified atom stereocenters. The fourth-order valence-electron chi connectivity index (χ4n) is 3.26. The molecule has 1 N–H and O–H groups in total. The molecule has 1 aliphatic rings. The minimum Gasteiger partial charge on any atom is -0.492 e. The van der Waals surface area contributed by atoms with Gasteiger partial charge in [0, 0.05) is 23.4 Å². The van der Waals surface area contributed by atoms with E-state index in [1.165, 1.54) is 51.1 Å². The standard InChI is InChI=1S/C20H21N3O3S2/c24-18(13-27-12-16-11-19(25)23-7-9-28-20(23)22-16)21-6-8-26-17-5-4-14-2-1-3-15(14)10-17/h4-5,7,9-11H,1-3,6,8,12-13H2,(H,21,24). The second-order valence-corrected chi connectivity index (χ2v) is 8.48. The molecule has 0 radical (unpaired) electrons. The Kier molecular flexibility index (Phi) is 5.97. The quantitative estimate of drug-likeness (QED) is 0.573. The minimum absolute atomic E-state index is 0.0449. The van der Waals surface area contributed by atoms with Crippen molar-refractivity contribution < 1.29 is 9.53 Å². The number of amides is 1. The molecule has 4 rings (SSSR count). The smallest absolute Gasteiger partial charge is 0.258 e. The Bertz CT molecular complexity index is 1040. The molecule has 1 aliphatic carbocycles. The van der Waals surface area contributed by atoms with Gasteiger partial charge in [0.1, 0.15) is 12.4 Å². The summed E-state index contributed by atoms with van der Waals surface area (Å²) in [4.78, 5) is 29.0. The molecule has 3 aromatic rings. The lowest BCUT2D eigenvalue weighted by Gasteiger charge is -2.09. The monoisotopic (exact) mass is 415 g/mol. The van der Waals surface area contributed by atoms with E-state index in [0.29, 0.717) is 35.3 Å². The van der Waals surface area contributed by atoms with Crippen LogP contribution >= 0.6 is 23.1 Å². The van der Waals surface area contributed by atoms with Crippen LogP contribution in [-0.4, -0.2) is 34.2 Å². The first-order valence-electron chi connectivity index (χ1n) is 9.24. The van der Waals surface area contributed by atoms with Crippen molar-refractivity contribution in [3.8, 4) is 5.75 Å². The molecule has 0 aliphatic heterocycles. The number of carbonyl (C=O) groups is 1. The molecule has 0 spiro atoms. The SMILES string of the molecule is O=C(CSCc1cc(=O)n2ccsc2n1)NCCOc1ccc2c(c1)CCC2. The summed E-state index contributed by atoms with van der Waals surface area (Å²) in [6, 6.07) is 7.77. The highest BCUT2D eigenvalue weighted by Gasteiger charge is 2.11. The minimum atomic E-state index is -0.0880. The fourth-order valence-corrected chi connectivity index (χ4v) is 4.74. The molecule has 2 aromatic heterocycles. The first-order chi connectivity index (χ1) is 13.7. The highest BCUT2D eigenvalue weighted by molar-refractivity contribution is 7.99. The van der Waals surface area contributed by atoms with Gasteiger partial charge in [0.15, 0.2) is 4.96 Å². The lowest BCUT2D eigenvalue weighted by Crippen LogP contribution is -2.29. The Labute approximate surface area is 171 Å². The molecule has 0 saturated carbocycles. The van der Waals surface area contributed by atoms with Crippen molar-refractivity contribution >= 4 is 34.0 Å². The average molecular weight is 416 g/mol. The maximum absolute atomic E-state index is 12.0. The van der Waals surface area contributed by atoms with Crippen LogP contribution < -0.4 is 15.6 Å². The molecule has 6 nitrogen and oxygen atoms in total. The van der Waals surface area contributed by atoms with E-state index in [1.807, 2.05) is 11.4 Å². The van der Waals surface area contributed by atoms with E-state index in [2.05, 4.69) is 22.4 Å². The van der Waals surface area contributed by atoms with Crippen molar-refractivity contribution in [2.24, 2.45) is 0 Å². The van der Waals surface area contributed by atoms with Gasteiger partial charge >= 0.3 is 0 Å². The van der Waals surface area contributed by atoms with Gasteiger partial charge in [0.05, 0.1) is 18.0 Å². The van der Waals surface area contributed by atoms with Gasteiger partial charge in [-0.2, -0.15) is 0 Å². The van der Waals surface area contributed by atoms with E-state index < -0.39 is 0 Å². The summed E-state index contributed by atoms with van der Waals surface area (Å²) in [6.07, 6.45) is 5.22. The molecule has 146 valence electrons. The molecule has 0 fully saturated rings. The zero-order chi connectivity index (χ0) is 19.3. The van der Waals surface area contributed by atoms with Crippen LogP contribution in [0.5, 0.6) is 5.75 Å². The molecule has 1 amide bonds. The van der Waals surface area contributed by atoms with E-state index in [0.717, 1.165) is 18.6 Å². The Morgan fingerprint density at radius 2 is 2.18 bits per heavy atom. The third-order valence-electron chi connectivity index (χ3n) is 4.60. The first kappa shape index (κ1) is 19.0. The molecule has 1 aromatic carbocycles. The summed E-state index contributed by atoms with van der Waals surface area (Å²) in [5, 5.41) is 4.69. The third kappa shape index (κ3) is 4.56. The Hall–Kier alpha value is -2.32. The maximum atomic E-state index is 12.0. The number of fused-ring (bicyclic) bond motifs is 2. The number of nitrogens with zero attached hydrogens (tertiary/aromatic N) is 2. The second-order valence-electron chi connectivity index (χ2n) is 6.62. The van der Waals surface area contributed by atoms with Gasteiger partial charge in [0.2, 0.25) is 5.91 Å². The van der Waals surface area contributed by atoms with Gasteiger partial charge < -0.3 is 10.1 Å². The molecular formula is C20H21N3O3S2. The molecule has 0 atom stereocenters. The van der Waals surface area contributed by atoms with Crippen molar-refractivity contribution in [1.82, 2.24) is 14.7 Å². The number of aryl methyl sites for hydroxylation is 2. The summed E-state index contributed by atoms with van der Waals surface area (Å²) in [5.41, 5.74) is 3.42. The van der Waals surface area contributed by atoms with E-state index >= 15 is 0 Å². The zero-order valence-corrected chi connectivity index (χ0v) is 17.0. The molecule has 0 bridgehead atoms. The van der Waals surface area contributed by atoms with Crippen molar-refractivity contribution in [2.75, 3.05) is 18.9 Å². The Balaban J connectivity index is 1.16. The predicted octanol–water partition coefficient (Wildman–Crippen LogP) is 2.67. The second kappa shape index (κ2) is 8.79. The van der Waals surface area contributed by atoms with Gasteiger partial charge in [-0.15, -0.1) is 23.1 Å². The fraction of sp³-hybridized carbons (Fsp3) is 0.350. The van der Waals surface area contributed by atoms with Crippen LogP contribution in [0.4, 0.5) is 0 Å². The van der Waals surface area contributed by atoms with Crippen LogP contribution in [0.3, 0.4) is 0 Å². The lowest BCUT2D eigenvalue weighted by atomic mass is 10.1. The van der Waals surface area contributed by atoms with Crippen LogP contribution in [0.25, 0.3) is 4.96 Å². The van der Waals surface area contributed by atoms with Crippen LogP contribution in [0.1, 0.15) is 23.2 Å².